The molecule has 1 saturated heterocycles. The zero-order valence-corrected chi connectivity index (χ0v) is 5.95. The van der Waals surface area contributed by atoms with Crippen LogP contribution < -0.4 is 4.90 Å². The Morgan fingerprint density at radius 2 is 2.67 bits per heavy atom. The van der Waals surface area contributed by atoms with E-state index in [1.54, 1.807) is 0 Å². The second kappa shape index (κ2) is 2.15. The van der Waals surface area contributed by atoms with Crippen molar-refractivity contribution in [2.75, 3.05) is 11.6 Å². The molecule has 0 radical (unpaired) electrons. The van der Waals surface area contributed by atoms with Crippen LogP contribution in [0.3, 0.4) is 0 Å². The summed E-state index contributed by atoms with van der Waals surface area (Å²) in [7, 11) is 0. The lowest BCUT2D eigenvalue weighted by Crippen LogP contribution is -3.09. The van der Waals surface area contributed by atoms with Crippen LogP contribution in [-0.2, 0) is 0 Å². The molecule has 0 aromatic rings. The number of hydrogen-bond donors (Lipinski definition) is 1. The average molecular weight is 141 g/mol. The Hall–Kier alpha value is -0.280. The van der Waals surface area contributed by atoms with Crippen molar-refractivity contribution in [2.45, 2.75) is 6.42 Å². The summed E-state index contributed by atoms with van der Waals surface area (Å²) in [5.74, 6) is 3.76. The van der Waals surface area contributed by atoms with Gasteiger partial charge >= 0.3 is 0 Å². The molecule has 1 unspecified atom stereocenters. The van der Waals surface area contributed by atoms with Crippen molar-refractivity contribution < 1.29 is 4.90 Å². The number of aliphatic imine (C=N–C) groups is 1. The Kier molecular flexibility index (Phi) is 1.32. The van der Waals surface area contributed by atoms with Gasteiger partial charge in [0, 0.05) is 5.75 Å². The molecule has 9 heavy (non-hydrogen) atoms. The zero-order valence-electron chi connectivity index (χ0n) is 5.13. The van der Waals surface area contributed by atoms with Crippen LogP contribution in [0.15, 0.2) is 17.4 Å². The molecular formula is C6H9N2S+. The van der Waals surface area contributed by atoms with Gasteiger partial charge in [0.05, 0.1) is 12.6 Å². The van der Waals surface area contributed by atoms with Gasteiger partial charge in [0.2, 0.25) is 5.84 Å². The van der Waals surface area contributed by atoms with Crippen molar-refractivity contribution in [2.24, 2.45) is 4.99 Å². The molecule has 0 saturated carbocycles. The first-order valence-corrected chi connectivity index (χ1v) is 4.29. The van der Waals surface area contributed by atoms with E-state index in [0.29, 0.717) is 0 Å². The molecule has 0 aliphatic carbocycles. The molecule has 1 fully saturated rings. The predicted octanol–water partition coefficient (Wildman–Crippen LogP) is -0.151. The lowest BCUT2D eigenvalue weighted by atomic mass is 10.4. The standard InChI is InChI=1S/C6H8N2S/c1-4-9-5-8-3-2-7-6(1)8/h2-3H,1,4-5H2/p+1. The summed E-state index contributed by atoms with van der Waals surface area (Å²) in [6.45, 7) is 0. The van der Waals surface area contributed by atoms with E-state index < -0.39 is 0 Å². The van der Waals surface area contributed by atoms with Gasteiger partial charge in [-0.15, -0.1) is 11.8 Å². The number of hydrogen-bond acceptors (Lipinski definition) is 2. The van der Waals surface area contributed by atoms with Gasteiger partial charge in [-0.2, -0.15) is 0 Å². The second-order valence-electron chi connectivity index (χ2n) is 2.22. The first-order chi connectivity index (χ1) is 4.47. The van der Waals surface area contributed by atoms with Crippen LogP contribution in [0.5, 0.6) is 0 Å². The Morgan fingerprint density at radius 1 is 1.67 bits per heavy atom. The SMILES string of the molecule is C1=C[NH+]2CSCCC2=N1. The van der Waals surface area contributed by atoms with Gasteiger partial charge < -0.3 is 0 Å². The number of amidine groups is 1. The number of nitrogens with zero attached hydrogens (tertiary/aromatic N) is 1. The molecule has 1 N–H and O–H groups in total. The fourth-order valence-corrected chi connectivity index (χ4v) is 2.07. The van der Waals surface area contributed by atoms with Crippen LogP contribution in [0, 0.1) is 0 Å². The summed E-state index contributed by atoms with van der Waals surface area (Å²) in [4.78, 5) is 5.69. The summed E-state index contributed by atoms with van der Waals surface area (Å²) in [6, 6.07) is 0. The number of thioether (sulfide) groups is 1. The normalized spacial score (nSPS) is 32.0. The van der Waals surface area contributed by atoms with E-state index in [1.807, 2.05) is 18.0 Å². The van der Waals surface area contributed by atoms with Crippen LogP contribution >= 0.6 is 11.8 Å². The van der Waals surface area contributed by atoms with Crippen LogP contribution in [0.1, 0.15) is 6.42 Å². The van der Waals surface area contributed by atoms with E-state index in [-0.39, 0.29) is 0 Å². The molecule has 0 spiro atoms. The molecule has 1 atom stereocenters. The Bertz CT molecular complexity index is 174. The van der Waals surface area contributed by atoms with E-state index in [9.17, 15) is 0 Å². The summed E-state index contributed by atoms with van der Waals surface area (Å²) in [5.41, 5.74) is 0. The fraction of sp³-hybridized carbons (Fsp3) is 0.500. The van der Waals surface area contributed by atoms with E-state index in [1.165, 1.54) is 28.8 Å². The van der Waals surface area contributed by atoms with Crippen LogP contribution in [0.4, 0.5) is 0 Å². The van der Waals surface area contributed by atoms with E-state index >= 15 is 0 Å². The Morgan fingerprint density at radius 3 is 3.56 bits per heavy atom. The van der Waals surface area contributed by atoms with Crippen molar-refractivity contribution >= 4 is 17.6 Å². The van der Waals surface area contributed by atoms with Gasteiger partial charge in [0.15, 0.2) is 0 Å². The first kappa shape index (κ1) is 5.50. The maximum absolute atomic E-state index is 4.24. The maximum Gasteiger partial charge on any atom is 0.207 e. The van der Waals surface area contributed by atoms with Crippen LogP contribution in [0.2, 0.25) is 0 Å². The molecule has 0 amide bonds. The highest BCUT2D eigenvalue weighted by molar-refractivity contribution is 7.99. The van der Waals surface area contributed by atoms with Gasteiger partial charge in [-0.3, -0.25) is 4.90 Å². The summed E-state index contributed by atoms with van der Waals surface area (Å²) in [6.07, 6.45) is 5.21. The van der Waals surface area contributed by atoms with Crippen LogP contribution in [-0.4, -0.2) is 17.5 Å². The number of fused-ring (bicyclic) bond motifs is 1. The van der Waals surface area contributed by atoms with Crippen LogP contribution in [0.25, 0.3) is 0 Å². The topological polar surface area (TPSA) is 16.8 Å². The monoisotopic (exact) mass is 141 g/mol. The highest BCUT2D eigenvalue weighted by atomic mass is 32.2. The molecule has 0 aromatic heterocycles. The van der Waals surface area contributed by atoms with E-state index in [2.05, 4.69) is 11.2 Å². The predicted molar refractivity (Wildman–Crippen MR) is 39.5 cm³/mol. The minimum Gasteiger partial charge on any atom is -0.254 e. The molecule has 2 aliphatic rings. The Balaban J connectivity index is 2.16. The van der Waals surface area contributed by atoms with Gasteiger partial charge in [0.25, 0.3) is 0 Å². The van der Waals surface area contributed by atoms with Gasteiger partial charge in [0.1, 0.15) is 12.1 Å². The van der Waals surface area contributed by atoms with E-state index in [0.717, 1.165) is 0 Å². The number of nitrogens with one attached hydrogen (secondary N) is 1. The molecular weight excluding hydrogens is 132 g/mol. The Labute approximate surface area is 58.6 Å². The third-order valence-electron chi connectivity index (χ3n) is 1.62. The second-order valence-corrected chi connectivity index (χ2v) is 3.32. The smallest absolute Gasteiger partial charge is 0.207 e. The van der Waals surface area contributed by atoms with Crippen molar-refractivity contribution in [1.82, 2.24) is 0 Å². The average Bonchev–Trinajstić information content (AvgIpc) is 2.33. The van der Waals surface area contributed by atoms with E-state index in [4.69, 9.17) is 0 Å². The van der Waals surface area contributed by atoms with Gasteiger partial charge in [-0.05, 0) is 0 Å². The van der Waals surface area contributed by atoms with Gasteiger partial charge in [-0.1, -0.05) is 0 Å². The highest BCUT2D eigenvalue weighted by Gasteiger charge is 2.22. The molecule has 0 bridgehead atoms. The number of quaternary nitrogens is 1. The number of rotatable bonds is 0. The van der Waals surface area contributed by atoms with Crippen molar-refractivity contribution in [1.29, 1.82) is 0 Å². The van der Waals surface area contributed by atoms with Gasteiger partial charge in [-0.25, -0.2) is 4.99 Å². The van der Waals surface area contributed by atoms with Crippen molar-refractivity contribution in [3.63, 3.8) is 0 Å². The van der Waals surface area contributed by atoms with Crippen molar-refractivity contribution in [3.8, 4) is 0 Å². The fourth-order valence-electron chi connectivity index (χ4n) is 1.10. The summed E-state index contributed by atoms with van der Waals surface area (Å²) >= 11 is 2.00. The lowest BCUT2D eigenvalue weighted by Gasteiger charge is -2.16. The minimum absolute atomic E-state index is 1.17. The molecule has 0 aromatic carbocycles. The summed E-state index contributed by atoms with van der Waals surface area (Å²) in [5, 5.41) is 0. The minimum atomic E-state index is 1.17. The summed E-state index contributed by atoms with van der Waals surface area (Å²) < 4.78 is 0. The lowest BCUT2D eigenvalue weighted by molar-refractivity contribution is -0.729. The highest BCUT2D eigenvalue weighted by Crippen LogP contribution is 2.05. The molecule has 48 valence electrons. The molecule has 3 heteroatoms. The molecule has 2 rings (SSSR count). The molecule has 2 aliphatic heterocycles. The third-order valence-corrected chi connectivity index (χ3v) is 2.63. The maximum atomic E-state index is 4.24. The van der Waals surface area contributed by atoms with Crippen molar-refractivity contribution in [3.05, 3.63) is 12.4 Å². The quantitative estimate of drug-likeness (QED) is 0.496. The molecule has 2 nitrogen and oxygen atoms in total. The third kappa shape index (κ3) is 0.904. The molecule has 2 heterocycles. The zero-order chi connectivity index (χ0) is 6.10. The largest absolute Gasteiger partial charge is 0.254 e. The first-order valence-electron chi connectivity index (χ1n) is 3.14.